The number of ether oxygens (including phenoxy) is 2. The number of anilines is 1. The molecular formula is C35H42ClN6O4+. The second kappa shape index (κ2) is 13.8. The van der Waals surface area contributed by atoms with Crippen molar-refractivity contribution in [2.75, 3.05) is 52.3 Å². The van der Waals surface area contributed by atoms with E-state index in [-0.39, 0.29) is 17.9 Å². The molecule has 0 saturated carbocycles. The van der Waals surface area contributed by atoms with E-state index in [1.165, 1.54) is 25.7 Å². The Morgan fingerprint density at radius 2 is 1.93 bits per heavy atom. The fourth-order valence-electron chi connectivity index (χ4n) is 7.03. The zero-order valence-electron chi connectivity index (χ0n) is 27.0. The number of benzene rings is 2. The molecule has 2 saturated heterocycles. The summed E-state index contributed by atoms with van der Waals surface area (Å²) in [6.45, 7) is 5.60. The van der Waals surface area contributed by atoms with Crippen LogP contribution in [0.3, 0.4) is 0 Å². The molecule has 6 rings (SSSR count). The Morgan fingerprint density at radius 1 is 1.13 bits per heavy atom. The quantitative estimate of drug-likeness (QED) is 0.152. The van der Waals surface area contributed by atoms with Gasteiger partial charge in [-0.25, -0.2) is 9.37 Å². The minimum absolute atomic E-state index is 0.0344. The maximum atomic E-state index is 12.8. The summed E-state index contributed by atoms with van der Waals surface area (Å²) in [5.74, 6) is 0.210. The van der Waals surface area contributed by atoms with Gasteiger partial charge in [-0.2, -0.15) is 4.98 Å². The molecule has 11 heteroatoms. The van der Waals surface area contributed by atoms with Crippen molar-refractivity contribution < 1.29 is 23.6 Å². The third-order valence-electron chi connectivity index (χ3n) is 9.49. The van der Waals surface area contributed by atoms with Gasteiger partial charge in [-0.1, -0.05) is 35.9 Å². The predicted molar refractivity (Wildman–Crippen MR) is 179 cm³/mol. The average molecular weight is 646 g/mol. The second-order valence-corrected chi connectivity index (χ2v) is 13.0. The first kappa shape index (κ1) is 31.9. The molecule has 3 aliphatic rings. The van der Waals surface area contributed by atoms with E-state index in [0.29, 0.717) is 31.7 Å². The monoisotopic (exact) mass is 645 g/mol. The Bertz CT molecular complexity index is 1690. The van der Waals surface area contributed by atoms with E-state index in [2.05, 4.69) is 56.6 Å². The summed E-state index contributed by atoms with van der Waals surface area (Å²) in [7, 11) is 5.45. The zero-order valence-corrected chi connectivity index (χ0v) is 27.7. The number of carbonyl (C=O) groups is 2. The molecule has 3 aromatic rings. The number of hydrogen-bond donors (Lipinski definition) is 0. The number of rotatable bonds is 8. The Hall–Kier alpha value is -4.02. The van der Waals surface area contributed by atoms with Crippen molar-refractivity contribution in [2.24, 2.45) is 5.92 Å². The van der Waals surface area contributed by atoms with Crippen molar-refractivity contribution in [1.29, 1.82) is 0 Å². The van der Waals surface area contributed by atoms with E-state index in [4.69, 9.17) is 26.3 Å². The third kappa shape index (κ3) is 6.73. The topological polar surface area (TPSA) is 91.1 Å². The molecule has 0 aliphatic carbocycles. The lowest BCUT2D eigenvalue weighted by atomic mass is 10.0. The summed E-state index contributed by atoms with van der Waals surface area (Å²) in [6.07, 6.45) is 8.45. The third-order valence-corrected chi connectivity index (χ3v) is 9.81. The number of amides is 1. The van der Waals surface area contributed by atoms with Gasteiger partial charge in [-0.3, -0.25) is 4.79 Å². The minimum atomic E-state index is -0.545. The normalized spacial score (nSPS) is 22.1. The lowest BCUT2D eigenvalue weighted by molar-refractivity contribution is -0.407. The van der Waals surface area contributed by atoms with Gasteiger partial charge in [0.1, 0.15) is 6.61 Å². The molecular weight excluding hydrogens is 604 g/mol. The maximum Gasteiger partial charge on any atom is 0.434 e. The number of hydrogen-bond acceptors (Lipinski definition) is 8. The SMILES string of the molecule is COC(=O)/C=C/C(=O)N1CC(/C=[N+](/C)c2nc(OC[C@@H]3CCCN3C)nc3c2CCN(c2cccc4cccc(Cl)c24)C3)C[C@@H]1C. The summed E-state index contributed by atoms with van der Waals surface area (Å²) < 4.78 is 13.0. The van der Waals surface area contributed by atoms with E-state index >= 15 is 0 Å². The van der Waals surface area contributed by atoms with Gasteiger partial charge in [-0.05, 0) is 57.3 Å². The molecule has 2 aromatic carbocycles. The van der Waals surface area contributed by atoms with E-state index in [1.54, 1.807) is 4.90 Å². The highest BCUT2D eigenvalue weighted by Gasteiger charge is 2.34. The summed E-state index contributed by atoms with van der Waals surface area (Å²) in [5, 5.41) is 2.89. The first-order valence-corrected chi connectivity index (χ1v) is 16.4. The minimum Gasteiger partial charge on any atom is -0.466 e. The Labute approximate surface area is 275 Å². The Balaban J connectivity index is 1.29. The molecule has 3 aliphatic heterocycles. The highest BCUT2D eigenvalue weighted by atomic mass is 35.5. The lowest BCUT2D eigenvalue weighted by Crippen LogP contribution is -2.33. The summed E-state index contributed by atoms with van der Waals surface area (Å²) in [4.78, 5) is 40.7. The number of aromatic nitrogens is 2. The number of fused-ring (bicyclic) bond motifs is 2. The highest BCUT2D eigenvalue weighted by Crippen LogP contribution is 2.37. The van der Waals surface area contributed by atoms with Gasteiger partial charge >= 0.3 is 17.8 Å². The maximum absolute atomic E-state index is 12.8. The van der Waals surface area contributed by atoms with Crippen LogP contribution in [0, 0.1) is 5.92 Å². The van der Waals surface area contributed by atoms with Gasteiger partial charge in [0.15, 0.2) is 0 Å². The molecule has 4 heterocycles. The number of likely N-dealkylation sites (N-methyl/N-ethyl adjacent to an activating group) is 1. The number of carbonyl (C=O) groups excluding carboxylic acids is 2. The van der Waals surface area contributed by atoms with Crippen LogP contribution in [0.4, 0.5) is 11.5 Å². The molecule has 0 radical (unpaired) electrons. The lowest BCUT2D eigenvalue weighted by Gasteiger charge is -2.31. The smallest absolute Gasteiger partial charge is 0.434 e. The van der Waals surface area contributed by atoms with Crippen LogP contribution in [-0.2, 0) is 27.3 Å². The fourth-order valence-corrected chi connectivity index (χ4v) is 7.31. The molecule has 242 valence electrons. The van der Waals surface area contributed by atoms with Crippen LogP contribution in [-0.4, -0.2) is 102 Å². The molecule has 46 heavy (non-hydrogen) atoms. The van der Waals surface area contributed by atoms with Crippen molar-refractivity contribution >= 4 is 52.0 Å². The Morgan fingerprint density at radius 3 is 2.70 bits per heavy atom. The number of likely N-dealkylation sites (tertiary alicyclic amines) is 2. The van der Waals surface area contributed by atoms with E-state index in [0.717, 1.165) is 70.9 Å². The largest absolute Gasteiger partial charge is 0.466 e. The first-order chi connectivity index (χ1) is 22.2. The van der Waals surface area contributed by atoms with Gasteiger partial charge in [0.2, 0.25) is 5.91 Å². The molecule has 0 bridgehead atoms. The van der Waals surface area contributed by atoms with E-state index in [1.807, 2.05) is 26.1 Å². The van der Waals surface area contributed by atoms with E-state index in [9.17, 15) is 9.59 Å². The van der Waals surface area contributed by atoms with Crippen LogP contribution in [0.1, 0.15) is 37.4 Å². The van der Waals surface area contributed by atoms with Crippen molar-refractivity contribution in [2.45, 2.75) is 51.2 Å². The molecule has 0 spiro atoms. The van der Waals surface area contributed by atoms with Gasteiger partial charge in [-0.15, -0.1) is 0 Å². The highest BCUT2D eigenvalue weighted by molar-refractivity contribution is 6.36. The molecule has 1 amide bonds. The van der Waals surface area contributed by atoms with Crippen molar-refractivity contribution in [3.05, 3.63) is 64.8 Å². The summed E-state index contributed by atoms with van der Waals surface area (Å²) in [6, 6.07) is 13.1. The van der Waals surface area contributed by atoms with Gasteiger partial charge < -0.3 is 24.2 Å². The zero-order chi connectivity index (χ0) is 32.4. The molecule has 1 aromatic heterocycles. The number of nitrogens with zero attached hydrogens (tertiary/aromatic N) is 6. The fraction of sp³-hybridized carbons (Fsp3) is 0.457. The van der Waals surface area contributed by atoms with Crippen molar-refractivity contribution in [3.63, 3.8) is 0 Å². The van der Waals surface area contributed by atoms with Gasteiger partial charge in [0, 0.05) is 65.7 Å². The van der Waals surface area contributed by atoms with Crippen LogP contribution in [0.15, 0.2) is 48.6 Å². The van der Waals surface area contributed by atoms with E-state index < -0.39 is 5.97 Å². The van der Waals surface area contributed by atoms with Crippen LogP contribution >= 0.6 is 11.6 Å². The van der Waals surface area contributed by atoms with Gasteiger partial charge in [0.05, 0.1) is 43.2 Å². The number of methoxy groups -OCH3 is 1. The standard InChI is InChI=1S/C35H42ClN6O4/c1-23-18-24(20-42(23)31(43)13-14-32(44)45-4)19-40(3)34-27-15-17-41(30-12-6-9-25-8-5-11-28(36)33(25)30)21-29(27)37-35(38-34)46-22-26-10-7-16-39(26)2/h5-6,8-9,11-14,19,23-24,26H,7,10,15-18,20-22H2,1-4H3/q+1/b14-13+,40-19-/t23-,24?,26-/m0/s1. The molecule has 3 atom stereocenters. The first-order valence-electron chi connectivity index (χ1n) is 16.0. The molecule has 0 N–H and O–H groups in total. The molecule has 2 fully saturated rings. The van der Waals surface area contributed by atoms with Crippen LogP contribution < -0.4 is 9.64 Å². The average Bonchev–Trinajstić information content (AvgIpc) is 3.65. The van der Waals surface area contributed by atoms with Crippen molar-refractivity contribution in [3.8, 4) is 6.01 Å². The van der Waals surface area contributed by atoms with Gasteiger partial charge in [0.25, 0.3) is 0 Å². The predicted octanol–water partition coefficient (Wildman–Crippen LogP) is 4.63. The summed E-state index contributed by atoms with van der Waals surface area (Å²) in [5.41, 5.74) is 3.14. The van der Waals surface area contributed by atoms with Crippen LogP contribution in [0.2, 0.25) is 5.02 Å². The Kier molecular flexibility index (Phi) is 9.56. The number of halogens is 1. The van der Waals surface area contributed by atoms with Crippen molar-refractivity contribution in [1.82, 2.24) is 19.8 Å². The van der Waals surface area contributed by atoms with Crippen LogP contribution in [0.5, 0.6) is 6.01 Å². The second-order valence-electron chi connectivity index (χ2n) is 12.6. The van der Waals surface area contributed by atoms with Crippen LogP contribution in [0.25, 0.3) is 10.8 Å². The number of esters is 1. The molecule has 10 nitrogen and oxygen atoms in total. The molecule has 1 unspecified atom stereocenters. The summed E-state index contributed by atoms with van der Waals surface area (Å²) >= 11 is 6.71.